The second kappa shape index (κ2) is 9.89. The van der Waals surface area contributed by atoms with Crippen LogP contribution in [0.3, 0.4) is 0 Å². The van der Waals surface area contributed by atoms with Crippen LogP contribution in [0.2, 0.25) is 5.02 Å². The number of piperidine rings is 1. The van der Waals surface area contributed by atoms with Gasteiger partial charge in [0, 0.05) is 40.8 Å². The van der Waals surface area contributed by atoms with Crippen molar-refractivity contribution in [3.8, 4) is 11.1 Å². The number of halogens is 4. The van der Waals surface area contributed by atoms with Gasteiger partial charge in [0.05, 0.1) is 22.5 Å². The van der Waals surface area contributed by atoms with Gasteiger partial charge in [-0.25, -0.2) is 9.97 Å². The molecule has 0 unspecified atom stereocenters. The zero-order chi connectivity index (χ0) is 26.2. The fourth-order valence-electron chi connectivity index (χ4n) is 4.52. The molecule has 1 aliphatic rings. The van der Waals surface area contributed by atoms with Gasteiger partial charge in [-0.05, 0) is 73.4 Å². The van der Waals surface area contributed by atoms with Crippen LogP contribution in [-0.2, 0) is 6.18 Å². The van der Waals surface area contributed by atoms with Gasteiger partial charge in [-0.1, -0.05) is 17.7 Å². The van der Waals surface area contributed by atoms with E-state index >= 15 is 0 Å². The smallest absolute Gasteiger partial charge is 0.370 e. The SMILES string of the molecule is Nc1ncc2cc(-c3cc(C(=O)Nc4cc(C(F)(F)F)ccc4N4CCCCC4)ccc3Cl)ccc2n1. The Hall–Kier alpha value is -3.85. The van der Waals surface area contributed by atoms with E-state index < -0.39 is 17.6 Å². The monoisotopic (exact) mass is 525 g/mol. The maximum absolute atomic E-state index is 13.5. The van der Waals surface area contributed by atoms with E-state index in [-0.39, 0.29) is 17.2 Å². The summed E-state index contributed by atoms with van der Waals surface area (Å²) in [6, 6.07) is 13.6. The zero-order valence-electron chi connectivity index (χ0n) is 19.6. The number of alkyl halides is 3. The van der Waals surface area contributed by atoms with E-state index in [1.54, 1.807) is 36.5 Å². The van der Waals surface area contributed by atoms with Gasteiger partial charge < -0.3 is 16.0 Å². The number of nitrogens with two attached hydrogens (primary N) is 1. The van der Waals surface area contributed by atoms with Crippen molar-refractivity contribution in [2.45, 2.75) is 25.4 Å². The number of carbonyl (C=O) groups is 1. The van der Waals surface area contributed by atoms with E-state index in [9.17, 15) is 18.0 Å². The van der Waals surface area contributed by atoms with Crippen LogP contribution >= 0.6 is 11.6 Å². The van der Waals surface area contributed by atoms with E-state index in [0.717, 1.165) is 55.4 Å². The predicted octanol–water partition coefficient (Wildman–Crippen LogP) is 6.79. The first-order chi connectivity index (χ1) is 17.7. The van der Waals surface area contributed by atoms with Crippen molar-refractivity contribution in [3.05, 3.63) is 76.9 Å². The molecule has 6 nitrogen and oxygen atoms in total. The predicted molar refractivity (Wildman–Crippen MR) is 140 cm³/mol. The molecule has 1 amide bonds. The lowest BCUT2D eigenvalue weighted by molar-refractivity contribution is -0.137. The molecule has 0 atom stereocenters. The molecule has 37 heavy (non-hydrogen) atoms. The second-order valence-electron chi connectivity index (χ2n) is 8.93. The summed E-state index contributed by atoms with van der Waals surface area (Å²) in [6.45, 7) is 1.44. The summed E-state index contributed by atoms with van der Waals surface area (Å²) in [5, 5.41) is 3.87. The van der Waals surface area contributed by atoms with Gasteiger partial charge in [-0.2, -0.15) is 13.2 Å². The summed E-state index contributed by atoms with van der Waals surface area (Å²) in [5.74, 6) is -0.372. The largest absolute Gasteiger partial charge is 0.416 e. The van der Waals surface area contributed by atoms with Gasteiger partial charge in [-0.3, -0.25) is 4.79 Å². The van der Waals surface area contributed by atoms with E-state index in [1.165, 1.54) is 6.07 Å². The molecule has 0 radical (unpaired) electrons. The number of aromatic nitrogens is 2. The number of benzene rings is 3. The molecule has 4 aromatic rings. The number of nitrogens with zero attached hydrogens (tertiary/aromatic N) is 3. The van der Waals surface area contributed by atoms with Crippen LogP contribution in [0.4, 0.5) is 30.5 Å². The molecule has 1 fully saturated rings. The van der Waals surface area contributed by atoms with E-state index in [0.29, 0.717) is 21.8 Å². The number of hydrogen-bond donors (Lipinski definition) is 2. The third kappa shape index (κ3) is 5.32. The minimum atomic E-state index is -4.53. The van der Waals surface area contributed by atoms with Crippen LogP contribution < -0.4 is 16.0 Å². The summed E-state index contributed by atoms with van der Waals surface area (Å²) in [4.78, 5) is 23.5. The van der Waals surface area contributed by atoms with Crippen molar-refractivity contribution in [3.63, 3.8) is 0 Å². The average molecular weight is 526 g/mol. The molecule has 1 aliphatic heterocycles. The Labute approximate surface area is 216 Å². The quantitative estimate of drug-likeness (QED) is 0.306. The highest BCUT2D eigenvalue weighted by molar-refractivity contribution is 6.33. The summed E-state index contributed by atoms with van der Waals surface area (Å²) >= 11 is 6.46. The first-order valence-corrected chi connectivity index (χ1v) is 12.2. The van der Waals surface area contributed by atoms with Crippen molar-refractivity contribution in [2.75, 3.05) is 29.0 Å². The Bertz CT molecular complexity index is 1490. The van der Waals surface area contributed by atoms with Crippen LogP contribution in [0.25, 0.3) is 22.0 Å². The van der Waals surface area contributed by atoms with Crippen LogP contribution in [0.15, 0.2) is 60.8 Å². The van der Waals surface area contributed by atoms with Crippen molar-refractivity contribution in [1.29, 1.82) is 0 Å². The first kappa shape index (κ1) is 24.8. The molecule has 0 spiro atoms. The maximum Gasteiger partial charge on any atom is 0.416 e. The minimum Gasteiger partial charge on any atom is -0.370 e. The second-order valence-corrected chi connectivity index (χ2v) is 9.34. The molecule has 0 bridgehead atoms. The lowest BCUT2D eigenvalue weighted by Gasteiger charge is -2.31. The van der Waals surface area contributed by atoms with Crippen LogP contribution in [0, 0.1) is 0 Å². The third-order valence-corrected chi connectivity index (χ3v) is 6.74. The molecule has 0 aliphatic carbocycles. The highest BCUT2D eigenvalue weighted by atomic mass is 35.5. The third-order valence-electron chi connectivity index (χ3n) is 6.41. The van der Waals surface area contributed by atoms with Gasteiger partial charge in [0.2, 0.25) is 5.95 Å². The van der Waals surface area contributed by atoms with E-state index in [4.69, 9.17) is 17.3 Å². The molecule has 3 aromatic carbocycles. The first-order valence-electron chi connectivity index (χ1n) is 11.8. The molecular formula is C27H23ClF3N5O. The number of carbonyl (C=O) groups excluding carboxylic acids is 1. The van der Waals surface area contributed by atoms with E-state index in [1.807, 2.05) is 11.0 Å². The van der Waals surface area contributed by atoms with Crippen molar-refractivity contribution in [2.24, 2.45) is 0 Å². The molecule has 190 valence electrons. The molecular weight excluding hydrogens is 503 g/mol. The number of fused-ring (bicyclic) bond motifs is 1. The number of nitrogens with one attached hydrogen (secondary N) is 1. The maximum atomic E-state index is 13.5. The fraction of sp³-hybridized carbons (Fsp3) is 0.222. The van der Waals surface area contributed by atoms with E-state index in [2.05, 4.69) is 15.3 Å². The topological polar surface area (TPSA) is 84.1 Å². The minimum absolute atomic E-state index is 0.124. The van der Waals surface area contributed by atoms with Crippen LogP contribution in [0.1, 0.15) is 35.2 Å². The molecule has 1 saturated heterocycles. The lowest BCUT2D eigenvalue weighted by Crippen LogP contribution is -2.30. The number of nitrogen functional groups attached to an aromatic ring is 1. The highest BCUT2D eigenvalue weighted by Crippen LogP contribution is 2.37. The number of anilines is 3. The van der Waals surface area contributed by atoms with Gasteiger partial charge in [0.15, 0.2) is 0 Å². The van der Waals surface area contributed by atoms with Gasteiger partial charge in [0.1, 0.15) is 0 Å². The van der Waals surface area contributed by atoms with Gasteiger partial charge in [0.25, 0.3) is 5.91 Å². The van der Waals surface area contributed by atoms with Crippen molar-refractivity contribution < 1.29 is 18.0 Å². The van der Waals surface area contributed by atoms with Gasteiger partial charge >= 0.3 is 6.18 Å². The normalized spacial score (nSPS) is 14.1. The Morgan fingerprint density at radius 1 is 1.00 bits per heavy atom. The Balaban J connectivity index is 1.48. The fourth-order valence-corrected chi connectivity index (χ4v) is 4.75. The summed E-state index contributed by atoms with van der Waals surface area (Å²) in [7, 11) is 0. The summed E-state index contributed by atoms with van der Waals surface area (Å²) in [6.07, 6.45) is 0.0244. The van der Waals surface area contributed by atoms with Crippen molar-refractivity contribution >= 4 is 45.7 Å². The average Bonchev–Trinajstić information content (AvgIpc) is 2.88. The van der Waals surface area contributed by atoms with Crippen molar-refractivity contribution in [1.82, 2.24) is 9.97 Å². The lowest BCUT2D eigenvalue weighted by atomic mass is 10.0. The Morgan fingerprint density at radius 3 is 2.54 bits per heavy atom. The molecule has 2 heterocycles. The highest BCUT2D eigenvalue weighted by Gasteiger charge is 2.32. The molecule has 5 rings (SSSR count). The number of amides is 1. The Morgan fingerprint density at radius 2 is 1.78 bits per heavy atom. The molecule has 10 heteroatoms. The summed E-state index contributed by atoms with van der Waals surface area (Å²) < 4.78 is 40.4. The van der Waals surface area contributed by atoms with Crippen LogP contribution in [0.5, 0.6) is 0 Å². The zero-order valence-corrected chi connectivity index (χ0v) is 20.4. The summed E-state index contributed by atoms with van der Waals surface area (Å²) in [5.41, 5.74) is 7.77. The number of rotatable bonds is 4. The Kier molecular flexibility index (Phi) is 6.64. The molecule has 1 aromatic heterocycles. The van der Waals surface area contributed by atoms with Crippen LogP contribution in [-0.4, -0.2) is 29.0 Å². The number of hydrogen-bond acceptors (Lipinski definition) is 5. The standard InChI is InChI=1S/C27H23ClF3N5O/c28-21-7-4-17(13-20(21)16-5-8-22-18(12-16)15-33-26(32)35-22)25(37)34-23-14-19(27(29,30)31)6-9-24(23)36-10-2-1-3-11-36/h4-9,12-15H,1-3,10-11H2,(H,34,37)(H2,32,33,35). The molecule has 0 saturated carbocycles. The van der Waals surface area contributed by atoms with Gasteiger partial charge in [-0.15, -0.1) is 0 Å². The molecule has 3 N–H and O–H groups in total.